The molecule has 2 bridgehead atoms. The van der Waals surface area contributed by atoms with E-state index in [-0.39, 0.29) is 0 Å². The third-order valence-corrected chi connectivity index (χ3v) is 5.56. The van der Waals surface area contributed by atoms with E-state index < -0.39 is 0 Å². The SMILES string of the molecule is CCNC1CC2CCCC(C1)N2c1ccc(Br)c(OC)c1. The average Bonchev–Trinajstić information content (AvgIpc) is 2.47. The van der Waals surface area contributed by atoms with E-state index in [9.17, 15) is 0 Å². The largest absolute Gasteiger partial charge is 0.495 e. The van der Waals surface area contributed by atoms with E-state index in [0.717, 1.165) is 16.8 Å². The van der Waals surface area contributed by atoms with Gasteiger partial charge in [0, 0.05) is 29.9 Å². The van der Waals surface area contributed by atoms with E-state index in [1.54, 1.807) is 7.11 Å². The Balaban J connectivity index is 1.85. The van der Waals surface area contributed by atoms with Gasteiger partial charge in [-0.3, -0.25) is 0 Å². The van der Waals surface area contributed by atoms with E-state index in [2.05, 4.69) is 51.3 Å². The highest BCUT2D eigenvalue weighted by Gasteiger charge is 2.38. The number of hydrogen-bond donors (Lipinski definition) is 1. The number of ether oxygens (including phenoxy) is 1. The summed E-state index contributed by atoms with van der Waals surface area (Å²) in [6.45, 7) is 3.29. The number of methoxy groups -OCH3 is 1. The summed E-state index contributed by atoms with van der Waals surface area (Å²) in [7, 11) is 1.74. The number of rotatable bonds is 4. The van der Waals surface area contributed by atoms with Crippen LogP contribution in [0.3, 0.4) is 0 Å². The van der Waals surface area contributed by atoms with Crippen LogP contribution in [-0.2, 0) is 0 Å². The van der Waals surface area contributed by atoms with Crippen LogP contribution in [-0.4, -0.2) is 31.8 Å². The lowest BCUT2D eigenvalue weighted by atomic mass is 9.81. The number of hydrogen-bond acceptors (Lipinski definition) is 3. The Morgan fingerprint density at radius 3 is 2.62 bits per heavy atom. The maximum absolute atomic E-state index is 5.47. The van der Waals surface area contributed by atoms with E-state index in [1.165, 1.54) is 37.8 Å². The van der Waals surface area contributed by atoms with E-state index >= 15 is 0 Å². The van der Waals surface area contributed by atoms with E-state index in [1.807, 2.05) is 0 Å². The molecule has 1 aromatic carbocycles. The highest BCUT2D eigenvalue weighted by atomic mass is 79.9. The summed E-state index contributed by atoms with van der Waals surface area (Å²) in [5.41, 5.74) is 1.32. The highest BCUT2D eigenvalue weighted by molar-refractivity contribution is 9.10. The maximum Gasteiger partial charge on any atom is 0.135 e. The second kappa shape index (κ2) is 6.57. The molecule has 116 valence electrons. The van der Waals surface area contributed by atoms with Gasteiger partial charge in [-0.1, -0.05) is 6.92 Å². The van der Waals surface area contributed by atoms with Crippen molar-refractivity contribution in [1.29, 1.82) is 0 Å². The van der Waals surface area contributed by atoms with Gasteiger partial charge in [-0.25, -0.2) is 0 Å². The molecule has 2 aliphatic heterocycles. The molecule has 2 heterocycles. The van der Waals surface area contributed by atoms with Gasteiger partial charge in [0.15, 0.2) is 0 Å². The van der Waals surface area contributed by atoms with Crippen LogP contribution in [0.25, 0.3) is 0 Å². The Labute approximate surface area is 136 Å². The first-order valence-corrected chi connectivity index (χ1v) is 8.87. The molecule has 2 aliphatic rings. The minimum Gasteiger partial charge on any atom is -0.495 e. The molecule has 0 radical (unpaired) electrons. The van der Waals surface area contributed by atoms with Gasteiger partial charge in [-0.2, -0.15) is 0 Å². The van der Waals surface area contributed by atoms with Crippen molar-refractivity contribution in [3.05, 3.63) is 22.7 Å². The summed E-state index contributed by atoms with van der Waals surface area (Å²) in [5.74, 6) is 0.930. The number of benzene rings is 1. The minimum absolute atomic E-state index is 0.674. The van der Waals surface area contributed by atoms with Crippen LogP contribution in [0.15, 0.2) is 22.7 Å². The van der Waals surface area contributed by atoms with Crippen molar-refractivity contribution in [2.75, 3.05) is 18.6 Å². The molecule has 0 spiro atoms. The molecule has 4 heteroatoms. The molecular weight excluding hydrogens is 328 g/mol. The average molecular weight is 353 g/mol. The molecule has 1 aromatic rings. The summed E-state index contributed by atoms with van der Waals surface area (Å²) >= 11 is 3.55. The molecule has 0 saturated carbocycles. The van der Waals surface area contributed by atoms with Crippen molar-refractivity contribution in [2.24, 2.45) is 0 Å². The fourth-order valence-electron chi connectivity index (χ4n) is 4.07. The molecule has 1 N–H and O–H groups in total. The van der Waals surface area contributed by atoms with Crippen LogP contribution in [0.2, 0.25) is 0 Å². The van der Waals surface area contributed by atoms with Gasteiger partial charge in [0.2, 0.25) is 0 Å². The lowest BCUT2D eigenvalue weighted by Crippen LogP contribution is -2.56. The zero-order valence-electron chi connectivity index (χ0n) is 12.9. The van der Waals surface area contributed by atoms with Crippen LogP contribution in [0.1, 0.15) is 39.0 Å². The number of nitrogens with zero attached hydrogens (tertiary/aromatic N) is 1. The van der Waals surface area contributed by atoms with Crippen molar-refractivity contribution >= 4 is 21.6 Å². The Hall–Kier alpha value is -0.740. The molecular formula is C17H25BrN2O. The summed E-state index contributed by atoms with van der Waals surface area (Å²) in [6, 6.07) is 8.56. The Morgan fingerprint density at radius 1 is 1.29 bits per heavy atom. The third-order valence-electron chi connectivity index (χ3n) is 4.90. The summed E-state index contributed by atoms with van der Waals surface area (Å²) in [5, 5.41) is 3.66. The monoisotopic (exact) mass is 352 g/mol. The first-order valence-electron chi connectivity index (χ1n) is 8.08. The Morgan fingerprint density at radius 2 is 2.00 bits per heavy atom. The molecule has 3 rings (SSSR count). The smallest absolute Gasteiger partial charge is 0.135 e. The van der Waals surface area contributed by atoms with Gasteiger partial charge in [0.25, 0.3) is 0 Å². The van der Waals surface area contributed by atoms with Gasteiger partial charge in [0.1, 0.15) is 5.75 Å². The Bertz CT molecular complexity index is 480. The summed E-state index contributed by atoms with van der Waals surface area (Å²) in [4.78, 5) is 2.66. The first kappa shape index (κ1) is 15.2. The van der Waals surface area contributed by atoms with Crippen LogP contribution >= 0.6 is 15.9 Å². The van der Waals surface area contributed by atoms with E-state index in [4.69, 9.17) is 4.74 Å². The zero-order chi connectivity index (χ0) is 14.8. The van der Waals surface area contributed by atoms with Crippen molar-refractivity contribution in [2.45, 2.75) is 57.2 Å². The van der Waals surface area contributed by atoms with Crippen molar-refractivity contribution in [1.82, 2.24) is 5.32 Å². The van der Waals surface area contributed by atoms with Crippen molar-refractivity contribution in [3.63, 3.8) is 0 Å². The lowest BCUT2D eigenvalue weighted by Gasteiger charge is -2.50. The Kier molecular flexibility index (Phi) is 4.75. The second-order valence-electron chi connectivity index (χ2n) is 6.19. The molecule has 0 amide bonds. The molecule has 3 nitrogen and oxygen atoms in total. The number of fused-ring (bicyclic) bond motifs is 2. The lowest BCUT2D eigenvalue weighted by molar-refractivity contribution is 0.247. The fourth-order valence-corrected chi connectivity index (χ4v) is 4.48. The van der Waals surface area contributed by atoms with Gasteiger partial charge in [-0.15, -0.1) is 0 Å². The first-order chi connectivity index (χ1) is 10.2. The normalized spacial score (nSPS) is 28.5. The quantitative estimate of drug-likeness (QED) is 0.887. The van der Waals surface area contributed by atoms with Crippen LogP contribution in [0.4, 0.5) is 5.69 Å². The van der Waals surface area contributed by atoms with Crippen LogP contribution in [0, 0.1) is 0 Å². The molecule has 2 saturated heterocycles. The highest BCUT2D eigenvalue weighted by Crippen LogP contribution is 2.40. The number of nitrogens with one attached hydrogen (secondary N) is 1. The predicted molar refractivity (Wildman–Crippen MR) is 91.3 cm³/mol. The minimum atomic E-state index is 0.674. The van der Waals surface area contributed by atoms with Crippen LogP contribution in [0.5, 0.6) is 5.75 Å². The third kappa shape index (κ3) is 3.07. The van der Waals surface area contributed by atoms with Crippen molar-refractivity contribution < 1.29 is 4.74 Å². The van der Waals surface area contributed by atoms with E-state index in [0.29, 0.717) is 18.1 Å². The van der Waals surface area contributed by atoms with Crippen molar-refractivity contribution in [3.8, 4) is 5.75 Å². The molecule has 21 heavy (non-hydrogen) atoms. The molecule has 0 aliphatic carbocycles. The molecule has 2 unspecified atom stereocenters. The fraction of sp³-hybridized carbons (Fsp3) is 0.647. The number of anilines is 1. The van der Waals surface area contributed by atoms with Gasteiger partial charge >= 0.3 is 0 Å². The topological polar surface area (TPSA) is 24.5 Å². The predicted octanol–water partition coefficient (Wildman–Crippen LogP) is 3.96. The molecule has 2 atom stereocenters. The molecule has 0 aromatic heterocycles. The zero-order valence-corrected chi connectivity index (χ0v) is 14.5. The van der Waals surface area contributed by atoms with Crippen LogP contribution < -0.4 is 15.0 Å². The van der Waals surface area contributed by atoms with Gasteiger partial charge in [0.05, 0.1) is 11.6 Å². The summed E-state index contributed by atoms with van der Waals surface area (Å²) in [6.07, 6.45) is 6.54. The number of halogens is 1. The van der Waals surface area contributed by atoms with Gasteiger partial charge < -0.3 is 15.0 Å². The van der Waals surface area contributed by atoms with Gasteiger partial charge in [-0.05, 0) is 66.7 Å². The second-order valence-corrected chi connectivity index (χ2v) is 7.05. The maximum atomic E-state index is 5.47. The standard InChI is InChI=1S/C17H25BrN2O/c1-3-19-12-9-13-5-4-6-14(10-12)20(13)15-7-8-16(18)17(11-15)21-2/h7-8,11-14,19H,3-6,9-10H2,1-2H3. The molecule has 2 fully saturated rings. The summed E-state index contributed by atoms with van der Waals surface area (Å²) < 4.78 is 6.50. The number of piperidine rings is 2.